The summed E-state index contributed by atoms with van der Waals surface area (Å²) in [6, 6.07) is 120. The molecule has 23 aromatic rings. The molecule has 2 nitrogen and oxygen atoms in total. The number of hydrogen-bond acceptors (Lipinski definition) is 3. The van der Waals surface area contributed by atoms with E-state index in [1.807, 2.05) is 34.0 Å². The lowest BCUT2D eigenvalue weighted by Gasteiger charge is -2.20. The average molecular weight is 1440 g/mol. The number of H-pyrrole nitrogens is 1. The minimum absolute atomic E-state index is 1.17. The summed E-state index contributed by atoms with van der Waals surface area (Å²) in [6.07, 6.45) is 0. The fourth-order valence-electron chi connectivity index (χ4n) is 17.0. The smallest absolute Gasteiger partial charge is 0.0829 e. The summed E-state index contributed by atoms with van der Waals surface area (Å²) < 4.78 is 10.6. The number of aromatic amines is 1. The van der Waals surface area contributed by atoms with E-state index in [1.165, 1.54) is 223 Å². The molecule has 0 aliphatic rings. The van der Waals surface area contributed by atoms with Crippen LogP contribution in [0.2, 0.25) is 0 Å². The van der Waals surface area contributed by atoms with Crippen molar-refractivity contribution in [3.05, 3.63) is 343 Å². The van der Waals surface area contributed by atoms with Gasteiger partial charge in [-0.15, -0.1) is 34.0 Å². The zero-order chi connectivity index (χ0) is 68.8. The lowest BCUT2D eigenvalue weighted by molar-refractivity contribution is 1.23. The third-order valence-electron chi connectivity index (χ3n) is 21.8. The van der Waals surface area contributed by atoms with Crippen molar-refractivity contribution in [1.29, 1.82) is 0 Å². The monoisotopic (exact) mass is 1440 g/mol. The minimum atomic E-state index is 1.17. The summed E-state index contributed by atoms with van der Waals surface area (Å²) >= 11 is 9.64. The van der Waals surface area contributed by atoms with Crippen LogP contribution in [0.5, 0.6) is 0 Å². The van der Waals surface area contributed by atoms with E-state index in [1.54, 1.807) is 0 Å². The van der Waals surface area contributed by atoms with Gasteiger partial charge in [0.05, 0.1) is 46.9 Å². The number of aromatic nitrogens is 2. The number of aryl methyl sites for hydroxylation is 2. The summed E-state index contributed by atoms with van der Waals surface area (Å²) in [5, 5.41) is 31.0. The fourth-order valence-corrected chi connectivity index (χ4v) is 21.8. The number of thiophene rings is 3. The first kappa shape index (κ1) is 61.0. The number of nitrogens with zero attached hydrogens (tertiary/aromatic N) is 1. The fraction of sp³-hybridized carbons (Fsp3) is 0.0204. The van der Waals surface area contributed by atoms with E-state index in [4.69, 9.17) is 0 Å². The van der Waals surface area contributed by atoms with E-state index in [2.05, 4.69) is 367 Å². The minimum Gasteiger partial charge on any atom is -0.353 e. The van der Waals surface area contributed by atoms with Crippen molar-refractivity contribution in [3.8, 4) is 38.5 Å². The van der Waals surface area contributed by atoms with Crippen LogP contribution in [0, 0.1) is 13.8 Å². The average Bonchev–Trinajstić information content (AvgIpc) is 1.50. The molecule has 5 aromatic heterocycles. The van der Waals surface area contributed by atoms with Crippen LogP contribution >= 0.6 is 49.9 Å². The first-order chi connectivity index (χ1) is 51.4. The first-order valence-corrected chi connectivity index (χ1v) is 38.7. The number of halogens is 1. The van der Waals surface area contributed by atoms with Gasteiger partial charge < -0.3 is 9.55 Å². The lowest BCUT2D eigenvalue weighted by atomic mass is 9.89. The molecule has 18 aromatic carbocycles. The van der Waals surface area contributed by atoms with Crippen LogP contribution in [0.15, 0.2) is 332 Å². The van der Waals surface area contributed by atoms with Crippen LogP contribution < -0.4 is 0 Å². The zero-order valence-electron chi connectivity index (χ0n) is 56.7. The van der Waals surface area contributed by atoms with Crippen LogP contribution in [0.4, 0.5) is 0 Å². The maximum absolute atomic E-state index is 3.83. The zero-order valence-corrected chi connectivity index (χ0v) is 60.8. The molecule has 0 unspecified atom stereocenters. The Kier molecular flexibility index (Phi) is 14.2. The standard InChI is InChI=1S/C48H27NS2.C26H19NS.C24H15Br/c1-2-14-31-27-32(22-21-28(31)11-1)41-35-17-7-9-19-37(35)44(38-20-10-8-18-36(38)41)49-43-34-16-6-4-13-30(34)23-25-39(43)46-45(49)48-47(51-46)42-33-15-5-3-12-29(33)24-26-40(42)50-48;1-15-19-13-11-18-8-4-6-10-21(18)25(19)27-24(15)26-16(2)23-20-9-5-3-7-17(20)12-14-22(23)28-26;25-24-21-11-5-3-9-19(21)23(20-10-4-6-12-22(20)24)18-14-13-16-7-1-2-8-17(16)15-18/h1-27H;3-14,27H,1-2H3;1-15H. The molecular formula is C98H61BrN2S3. The lowest BCUT2D eigenvalue weighted by Crippen LogP contribution is -1.99. The normalized spacial score (nSPS) is 12.0. The largest absolute Gasteiger partial charge is 0.353 e. The van der Waals surface area contributed by atoms with Crippen LogP contribution in [0.1, 0.15) is 11.1 Å². The van der Waals surface area contributed by atoms with Gasteiger partial charge in [-0.2, -0.15) is 0 Å². The number of hydrogen-bond donors (Lipinski definition) is 1. The van der Waals surface area contributed by atoms with Gasteiger partial charge in [-0.05, 0) is 174 Å². The van der Waals surface area contributed by atoms with Crippen molar-refractivity contribution in [3.63, 3.8) is 0 Å². The van der Waals surface area contributed by atoms with E-state index in [0.717, 1.165) is 0 Å². The Bertz CT molecular complexity index is 7430. The molecule has 0 bridgehead atoms. The topological polar surface area (TPSA) is 20.7 Å². The van der Waals surface area contributed by atoms with Gasteiger partial charge in [0.25, 0.3) is 0 Å². The second-order valence-electron chi connectivity index (χ2n) is 27.5. The van der Waals surface area contributed by atoms with Gasteiger partial charge in [-0.1, -0.05) is 303 Å². The Morgan fingerprint density at radius 2 is 0.673 bits per heavy atom. The van der Waals surface area contributed by atoms with Crippen LogP contribution in [-0.4, -0.2) is 9.55 Å². The highest BCUT2D eigenvalue weighted by atomic mass is 79.9. The Hall–Kier alpha value is -11.7. The van der Waals surface area contributed by atoms with Gasteiger partial charge in [0.15, 0.2) is 0 Å². The Labute approximate surface area is 619 Å². The number of benzene rings is 18. The predicted molar refractivity (Wildman–Crippen MR) is 460 cm³/mol. The highest BCUT2D eigenvalue weighted by molar-refractivity contribution is 9.10. The van der Waals surface area contributed by atoms with Gasteiger partial charge in [0.1, 0.15) is 0 Å². The quantitative estimate of drug-likeness (QED) is 0.170. The van der Waals surface area contributed by atoms with Crippen LogP contribution in [0.25, 0.3) is 208 Å². The molecule has 488 valence electrons. The summed E-state index contributed by atoms with van der Waals surface area (Å²) in [4.78, 5) is 5.13. The van der Waals surface area contributed by atoms with E-state index in [-0.39, 0.29) is 0 Å². The van der Waals surface area contributed by atoms with Gasteiger partial charge in [-0.25, -0.2) is 0 Å². The van der Waals surface area contributed by atoms with Crippen molar-refractivity contribution in [2.45, 2.75) is 13.8 Å². The molecule has 23 rings (SSSR count). The Morgan fingerprint density at radius 3 is 1.22 bits per heavy atom. The van der Waals surface area contributed by atoms with E-state index >= 15 is 0 Å². The second-order valence-corrected chi connectivity index (χ2v) is 31.4. The summed E-state index contributed by atoms with van der Waals surface area (Å²) in [5.41, 5.74) is 14.2. The molecule has 0 aliphatic carbocycles. The molecule has 0 radical (unpaired) electrons. The van der Waals surface area contributed by atoms with Crippen molar-refractivity contribution in [2.24, 2.45) is 0 Å². The SMILES string of the molecule is Brc1c2ccccc2c(-c2ccc3ccccc3c2)c2ccccc12.Cc1c(-c2sc3ccc4ccccc4c3c2C)[nH]c2c1ccc1ccccc12.c1ccc2cc(-c3c4ccccc4c(-n4c5c6ccccc6ccc5c5sc6c(sc7ccc8ccccc8c76)c54)c4ccccc34)ccc2c1. The molecule has 1 N–H and O–H groups in total. The second kappa shape index (κ2) is 24.2. The van der Waals surface area contributed by atoms with Crippen molar-refractivity contribution in [2.75, 3.05) is 0 Å². The summed E-state index contributed by atoms with van der Waals surface area (Å²) in [6.45, 7) is 4.51. The number of fused-ring (bicyclic) bond motifs is 23. The van der Waals surface area contributed by atoms with Gasteiger partial charge in [0, 0.05) is 57.0 Å². The molecule has 0 amide bonds. The van der Waals surface area contributed by atoms with E-state index in [0.29, 0.717) is 0 Å². The summed E-state index contributed by atoms with van der Waals surface area (Å²) in [5.74, 6) is 0. The van der Waals surface area contributed by atoms with Crippen LogP contribution in [-0.2, 0) is 0 Å². The molecule has 0 saturated carbocycles. The molecule has 0 saturated heterocycles. The third-order valence-corrected chi connectivity index (χ3v) is 26.5. The van der Waals surface area contributed by atoms with Gasteiger partial charge in [0.2, 0.25) is 0 Å². The van der Waals surface area contributed by atoms with E-state index in [9.17, 15) is 0 Å². The third kappa shape index (κ3) is 9.42. The molecule has 104 heavy (non-hydrogen) atoms. The highest BCUT2D eigenvalue weighted by Gasteiger charge is 2.27. The van der Waals surface area contributed by atoms with E-state index < -0.39 is 0 Å². The number of nitrogens with one attached hydrogen (secondary N) is 1. The van der Waals surface area contributed by atoms with Gasteiger partial charge in [-0.3, -0.25) is 0 Å². The predicted octanol–water partition coefficient (Wildman–Crippen LogP) is 30.2. The summed E-state index contributed by atoms with van der Waals surface area (Å²) in [7, 11) is 0. The molecule has 0 aliphatic heterocycles. The first-order valence-electron chi connectivity index (χ1n) is 35.5. The molecule has 0 spiro atoms. The van der Waals surface area contributed by atoms with Crippen molar-refractivity contribution < 1.29 is 0 Å². The Balaban J connectivity index is 0.000000111. The molecular weight excluding hydrogens is 1380 g/mol. The molecule has 0 atom stereocenters. The van der Waals surface area contributed by atoms with Gasteiger partial charge >= 0.3 is 0 Å². The van der Waals surface area contributed by atoms with Crippen molar-refractivity contribution in [1.82, 2.24) is 9.55 Å². The Morgan fingerprint density at radius 1 is 0.279 bits per heavy atom. The molecule has 5 heterocycles. The maximum atomic E-state index is 3.83. The molecule has 0 fully saturated rings. The van der Waals surface area contributed by atoms with Crippen LogP contribution in [0.3, 0.4) is 0 Å². The van der Waals surface area contributed by atoms with Crippen molar-refractivity contribution >= 4 is 219 Å². The maximum Gasteiger partial charge on any atom is 0.0829 e. The highest BCUT2D eigenvalue weighted by Crippen LogP contribution is 2.54. The number of rotatable bonds is 4. The molecule has 6 heteroatoms.